The van der Waals surface area contributed by atoms with Gasteiger partial charge in [-0.3, -0.25) is 0 Å². The molecule has 3 N–H and O–H groups in total. The van der Waals surface area contributed by atoms with E-state index in [2.05, 4.69) is 14.8 Å². The summed E-state index contributed by atoms with van der Waals surface area (Å²) in [6.07, 6.45) is 2.84. The highest BCUT2D eigenvalue weighted by Gasteiger charge is 2.36. The van der Waals surface area contributed by atoms with E-state index in [-0.39, 0.29) is 10.8 Å². The van der Waals surface area contributed by atoms with Gasteiger partial charge in [0.25, 0.3) is 0 Å². The fourth-order valence-electron chi connectivity index (χ4n) is 4.85. The Kier molecular flexibility index (Phi) is 4.97. The summed E-state index contributed by atoms with van der Waals surface area (Å²) in [5.41, 5.74) is 3.65. The number of carbonyl (C=O) groups is 1. The molecule has 5 rings (SSSR count). The van der Waals surface area contributed by atoms with Gasteiger partial charge >= 0.3 is 6.03 Å². The van der Waals surface area contributed by atoms with Crippen LogP contribution in [0.1, 0.15) is 47.4 Å². The summed E-state index contributed by atoms with van der Waals surface area (Å²) in [7, 11) is -3.63. The number of ether oxygens (including phenoxy) is 1. The molecule has 3 aliphatic rings. The quantitative estimate of drug-likeness (QED) is 0.745. The number of alkyl halides is 2. The maximum Gasteiger partial charge on any atom is 0.354 e. The van der Waals surface area contributed by atoms with Gasteiger partial charge in [0, 0.05) is 24.6 Å². The summed E-state index contributed by atoms with van der Waals surface area (Å²) in [6.45, 7) is 1.02. The molecular weight excluding hydrogens is 428 g/mol. The van der Waals surface area contributed by atoms with Crippen molar-refractivity contribution < 1.29 is 22.5 Å². The predicted molar refractivity (Wildman–Crippen MR) is 110 cm³/mol. The normalized spacial score (nSPS) is 21.1. The maximum atomic E-state index is 13.7. The number of carbonyl (C=O) groups excluding carboxylic acids is 1. The SMILES string of the molecule is N[S@](=O)(=NC(=O)Nc1c2c(cc3c1C(C(F)F)CC3)CCC2)c1cnn2c1OCCC2. The highest BCUT2D eigenvalue weighted by Crippen LogP contribution is 2.46. The number of fused-ring (bicyclic) bond motifs is 3. The Morgan fingerprint density at radius 1 is 1.32 bits per heavy atom. The van der Waals surface area contributed by atoms with E-state index in [4.69, 9.17) is 9.88 Å². The number of benzene rings is 1. The van der Waals surface area contributed by atoms with Crippen LogP contribution in [0.4, 0.5) is 19.3 Å². The molecule has 31 heavy (non-hydrogen) atoms. The average Bonchev–Trinajstić information content (AvgIpc) is 3.44. The number of nitrogens with zero attached hydrogens (tertiary/aromatic N) is 3. The molecule has 0 bridgehead atoms. The van der Waals surface area contributed by atoms with E-state index >= 15 is 0 Å². The molecule has 0 saturated carbocycles. The molecule has 0 spiro atoms. The van der Waals surface area contributed by atoms with Crippen molar-refractivity contribution >= 4 is 21.6 Å². The van der Waals surface area contributed by atoms with Gasteiger partial charge in [-0.05, 0) is 54.4 Å². The molecule has 166 valence electrons. The maximum absolute atomic E-state index is 13.7. The van der Waals surface area contributed by atoms with Crippen LogP contribution in [0, 0.1) is 0 Å². The molecule has 8 nitrogen and oxygen atoms in total. The Hall–Kier alpha value is -2.53. The summed E-state index contributed by atoms with van der Waals surface area (Å²) in [4.78, 5) is 12.8. The van der Waals surface area contributed by atoms with Gasteiger partial charge in [0.1, 0.15) is 4.90 Å². The minimum Gasteiger partial charge on any atom is -0.477 e. The van der Waals surface area contributed by atoms with Gasteiger partial charge in [-0.25, -0.2) is 27.6 Å². The van der Waals surface area contributed by atoms with Crippen LogP contribution in [0.15, 0.2) is 21.5 Å². The number of hydrogen-bond donors (Lipinski definition) is 2. The van der Waals surface area contributed by atoms with Crippen LogP contribution < -0.4 is 15.2 Å². The van der Waals surface area contributed by atoms with Gasteiger partial charge in [-0.1, -0.05) is 6.07 Å². The summed E-state index contributed by atoms with van der Waals surface area (Å²) in [5.74, 6) is -0.691. The Morgan fingerprint density at radius 3 is 2.97 bits per heavy atom. The monoisotopic (exact) mass is 451 g/mol. The molecule has 1 unspecified atom stereocenters. The van der Waals surface area contributed by atoms with E-state index in [1.54, 1.807) is 0 Å². The number of amides is 2. The molecule has 1 aliphatic heterocycles. The third-order valence-corrected chi connectivity index (χ3v) is 7.55. The van der Waals surface area contributed by atoms with E-state index < -0.39 is 28.3 Å². The van der Waals surface area contributed by atoms with Crippen LogP contribution in [0.3, 0.4) is 0 Å². The number of urea groups is 1. The molecular formula is C20H23F2N5O3S. The second-order valence-electron chi connectivity index (χ2n) is 8.12. The van der Waals surface area contributed by atoms with Gasteiger partial charge in [-0.15, -0.1) is 4.36 Å². The average molecular weight is 451 g/mol. The van der Waals surface area contributed by atoms with Crippen LogP contribution in [0.25, 0.3) is 0 Å². The van der Waals surface area contributed by atoms with Crippen molar-refractivity contribution in [3.63, 3.8) is 0 Å². The zero-order valence-electron chi connectivity index (χ0n) is 16.8. The second-order valence-corrected chi connectivity index (χ2v) is 9.88. The molecule has 2 heterocycles. The van der Waals surface area contributed by atoms with Crippen molar-refractivity contribution in [1.29, 1.82) is 0 Å². The molecule has 1 aromatic heterocycles. The smallest absolute Gasteiger partial charge is 0.354 e. The van der Waals surface area contributed by atoms with E-state index in [1.807, 2.05) is 6.07 Å². The number of rotatable bonds is 3. The van der Waals surface area contributed by atoms with Crippen molar-refractivity contribution in [2.24, 2.45) is 9.50 Å². The Balaban J connectivity index is 1.52. The minimum atomic E-state index is -3.63. The van der Waals surface area contributed by atoms with Crippen molar-refractivity contribution in [2.75, 3.05) is 11.9 Å². The molecule has 2 aromatic rings. The van der Waals surface area contributed by atoms with Crippen molar-refractivity contribution in [3.8, 4) is 5.88 Å². The molecule has 0 fully saturated rings. The molecule has 11 heteroatoms. The first-order chi connectivity index (χ1) is 14.8. The first-order valence-corrected chi connectivity index (χ1v) is 11.9. The Bertz CT molecular complexity index is 1190. The number of anilines is 1. The van der Waals surface area contributed by atoms with Gasteiger partial charge in [0.15, 0.2) is 9.92 Å². The van der Waals surface area contributed by atoms with Crippen LogP contribution in [-0.2, 0) is 35.7 Å². The van der Waals surface area contributed by atoms with Crippen LogP contribution in [0.5, 0.6) is 5.88 Å². The number of hydrogen-bond acceptors (Lipinski definition) is 4. The van der Waals surface area contributed by atoms with Crippen molar-refractivity contribution in [3.05, 3.63) is 34.5 Å². The number of nitrogens with one attached hydrogen (secondary N) is 1. The summed E-state index contributed by atoms with van der Waals surface area (Å²) < 4.78 is 51.2. The first kappa shape index (κ1) is 20.4. The third kappa shape index (κ3) is 3.49. The standard InChI is InChI=1S/C20H23F2N5O3S/c21-18(22)14-6-5-12-9-11-3-1-4-13(11)17(16(12)14)25-20(28)26-31(23,29)15-10-24-27-7-2-8-30-19(15)27/h9-10,14,18H,1-8H2,(H3,23,25,26,28,29)/t14?,31-/m0/s1. The number of aryl methyl sites for hydroxylation is 3. The lowest BCUT2D eigenvalue weighted by molar-refractivity contribution is 0.114. The van der Waals surface area contributed by atoms with Gasteiger partial charge in [-0.2, -0.15) is 5.10 Å². The lowest BCUT2D eigenvalue weighted by atomic mass is 9.94. The van der Waals surface area contributed by atoms with Gasteiger partial charge < -0.3 is 10.1 Å². The van der Waals surface area contributed by atoms with Crippen LogP contribution in [0.2, 0.25) is 0 Å². The summed E-state index contributed by atoms with van der Waals surface area (Å²) in [6, 6.07) is 1.07. The molecule has 0 radical (unpaired) electrons. The summed E-state index contributed by atoms with van der Waals surface area (Å²) in [5, 5.41) is 12.7. The number of halogens is 2. The minimum absolute atomic E-state index is 0.0522. The van der Waals surface area contributed by atoms with Gasteiger partial charge in [0.2, 0.25) is 12.3 Å². The molecule has 0 saturated heterocycles. The highest BCUT2D eigenvalue weighted by molar-refractivity contribution is 7.91. The zero-order chi connectivity index (χ0) is 21.8. The molecule has 2 aliphatic carbocycles. The highest BCUT2D eigenvalue weighted by atomic mass is 32.2. The fraction of sp³-hybridized carbons (Fsp3) is 0.500. The van der Waals surface area contributed by atoms with Crippen molar-refractivity contribution in [2.45, 2.75) is 62.3 Å². The largest absolute Gasteiger partial charge is 0.477 e. The van der Waals surface area contributed by atoms with E-state index in [1.165, 1.54) is 10.9 Å². The summed E-state index contributed by atoms with van der Waals surface area (Å²) >= 11 is 0. The lowest BCUT2D eigenvalue weighted by Crippen LogP contribution is -2.21. The first-order valence-electron chi connectivity index (χ1n) is 10.4. The van der Waals surface area contributed by atoms with Crippen molar-refractivity contribution in [1.82, 2.24) is 9.78 Å². The van der Waals surface area contributed by atoms with Crippen LogP contribution in [-0.4, -0.2) is 33.1 Å². The molecule has 2 atom stereocenters. The topological polar surface area (TPSA) is 112 Å². The van der Waals surface area contributed by atoms with Crippen LogP contribution >= 0.6 is 0 Å². The lowest BCUT2D eigenvalue weighted by Gasteiger charge is -2.19. The van der Waals surface area contributed by atoms with E-state index in [0.29, 0.717) is 43.7 Å². The number of aromatic nitrogens is 2. The van der Waals surface area contributed by atoms with Gasteiger partial charge in [0.05, 0.1) is 12.8 Å². The molecule has 1 aromatic carbocycles. The van der Waals surface area contributed by atoms with E-state index in [0.717, 1.165) is 36.0 Å². The number of nitrogens with two attached hydrogens (primary N) is 1. The Labute approximate surface area is 178 Å². The second kappa shape index (κ2) is 7.56. The third-order valence-electron chi connectivity index (χ3n) is 6.20. The predicted octanol–water partition coefficient (Wildman–Crippen LogP) is 3.38. The van der Waals surface area contributed by atoms with E-state index in [9.17, 15) is 17.8 Å². The Morgan fingerprint density at radius 2 is 2.16 bits per heavy atom. The molecule has 2 amide bonds. The fourth-order valence-corrected chi connectivity index (χ4v) is 5.85. The zero-order valence-corrected chi connectivity index (χ0v) is 17.6.